The largest absolute Gasteiger partial charge is 0.508 e. The van der Waals surface area contributed by atoms with Crippen LogP contribution in [0.2, 0.25) is 0 Å². The van der Waals surface area contributed by atoms with Crippen LogP contribution in [0, 0.1) is 6.92 Å². The van der Waals surface area contributed by atoms with E-state index in [4.69, 9.17) is 15.3 Å². The van der Waals surface area contributed by atoms with E-state index < -0.39 is 5.97 Å². The molecule has 0 bridgehead atoms. The van der Waals surface area contributed by atoms with E-state index in [9.17, 15) is 4.79 Å². The van der Waals surface area contributed by atoms with Gasteiger partial charge in [0, 0.05) is 11.6 Å². The van der Waals surface area contributed by atoms with Crippen LogP contribution >= 0.6 is 0 Å². The molecule has 4 nitrogen and oxygen atoms in total. The Hall–Kier alpha value is -1.71. The number of carboxylic acid groups (broad SMARTS) is 1. The Morgan fingerprint density at radius 1 is 1.21 bits per heavy atom. The lowest BCUT2D eigenvalue weighted by atomic mass is 10.1. The lowest BCUT2D eigenvalue weighted by molar-refractivity contribution is 0.0695. The topological polar surface area (TPSA) is 77.8 Å². The van der Waals surface area contributed by atoms with Crippen molar-refractivity contribution in [3.63, 3.8) is 0 Å². The Balaban J connectivity index is 0.000000791. The molecule has 0 spiro atoms. The van der Waals surface area contributed by atoms with Crippen LogP contribution in [0.5, 0.6) is 11.5 Å². The van der Waals surface area contributed by atoms with E-state index >= 15 is 0 Å². The van der Waals surface area contributed by atoms with Gasteiger partial charge in [-0.15, -0.1) is 0 Å². The zero-order chi connectivity index (χ0) is 11.3. The van der Waals surface area contributed by atoms with Gasteiger partial charge in [0.2, 0.25) is 0 Å². The predicted octanol–water partition coefficient (Wildman–Crippen LogP) is 2.13. The summed E-state index contributed by atoms with van der Waals surface area (Å²) < 4.78 is 0. The standard InChI is InChI=1S/C8H8O4.C2H6/c1-4-6(8(11)12)2-5(9)3-7(4)10;1-2/h2-3,9-10H,1H3,(H,11,12);1-2H3. The molecule has 78 valence electrons. The molecule has 0 saturated carbocycles. The summed E-state index contributed by atoms with van der Waals surface area (Å²) in [4.78, 5) is 10.5. The van der Waals surface area contributed by atoms with Crippen molar-refractivity contribution in [3.8, 4) is 11.5 Å². The molecule has 1 aromatic rings. The van der Waals surface area contributed by atoms with Gasteiger partial charge in [0.1, 0.15) is 11.5 Å². The van der Waals surface area contributed by atoms with Gasteiger partial charge in [-0.05, 0) is 13.0 Å². The van der Waals surface area contributed by atoms with E-state index in [0.717, 1.165) is 12.1 Å². The number of carbonyl (C=O) groups is 1. The number of phenols is 2. The molecule has 0 fully saturated rings. The van der Waals surface area contributed by atoms with E-state index in [1.165, 1.54) is 6.92 Å². The minimum Gasteiger partial charge on any atom is -0.508 e. The van der Waals surface area contributed by atoms with Crippen molar-refractivity contribution in [2.24, 2.45) is 0 Å². The third-order valence-corrected chi connectivity index (χ3v) is 1.60. The average Bonchev–Trinajstić information content (AvgIpc) is 2.14. The number of aromatic hydroxyl groups is 2. The van der Waals surface area contributed by atoms with Gasteiger partial charge in [-0.3, -0.25) is 0 Å². The molecule has 1 aromatic carbocycles. The maximum Gasteiger partial charge on any atom is 0.336 e. The molecule has 0 radical (unpaired) electrons. The highest BCUT2D eigenvalue weighted by Crippen LogP contribution is 2.25. The van der Waals surface area contributed by atoms with Gasteiger partial charge in [-0.2, -0.15) is 0 Å². The Morgan fingerprint density at radius 3 is 2.14 bits per heavy atom. The monoisotopic (exact) mass is 198 g/mol. The number of hydrogen-bond acceptors (Lipinski definition) is 3. The molecule has 0 heterocycles. The highest BCUT2D eigenvalue weighted by atomic mass is 16.4. The maximum atomic E-state index is 10.5. The molecular weight excluding hydrogens is 184 g/mol. The summed E-state index contributed by atoms with van der Waals surface area (Å²) in [6.07, 6.45) is 0. The molecule has 0 amide bonds. The summed E-state index contributed by atoms with van der Waals surface area (Å²) in [5.74, 6) is -1.64. The lowest BCUT2D eigenvalue weighted by Gasteiger charge is -2.03. The highest BCUT2D eigenvalue weighted by Gasteiger charge is 2.11. The van der Waals surface area contributed by atoms with Crippen molar-refractivity contribution in [1.29, 1.82) is 0 Å². The van der Waals surface area contributed by atoms with Crippen LogP contribution in [0.3, 0.4) is 0 Å². The Bertz CT molecular complexity index is 331. The zero-order valence-electron chi connectivity index (χ0n) is 8.40. The molecule has 1 rings (SSSR count). The van der Waals surface area contributed by atoms with Crippen LogP contribution in [0.4, 0.5) is 0 Å². The van der Waals surface area contributed by atoms with Gasteiger partial charge < -0.3 is 15.3 Å². The number of benzene rings is 1. The van der Waals surface area contributed by atoms with Gasteiger partial charge in [-0.1, -0.05) is 13.8 Å². The molecule has 0 atom stereocenters. The fourth-order valence-electron chi connectivity index (χ4n) is 0.906. The number of rotatable bonds is 1. The summed E-state index contributed by atoms with van der Waals surface area (Å²) in [6, 6.07) is 2.19. The predicted molar refractivity (Wildman–Crippen MR) is 52.8 cm³/mol. The first-order valence-electron chi connectivity index (χ1n) is 4.28. The van der Waals surface area contributed by atoms with Crippen molar-refractivity contribution in [2.75, 3.05) is 0 Å². The van der Waals surface area contributed by atoms with Crippen LogP contribution in [0.1, 0.15) is 29.8 Å². The normalized spacial score (nSPS) is 8.79. The second-order valence-corrected chi connectivity index (χ2v) is 2.44. The number of hydrogen-bond donors (Lipinski definition) is 3. The van der Waals surface area contributed by atoms with Crippen LogP contribution in [-0.4, -0.2) is 21.3 Å². The van der Waals surface area contributed by atoms with Crippen molar-refractivity contribution < 1.29 is 20.1 Å². The molecule has 4 heteroatoms. The molecule has 14 heavy (non-hydrogen) atoms. The third kappa shape index (κ3) is 2.65. The number of carboxylic acids is 1. The van der Waals surface area contributed by atoms with Crippen molar-refractivity contribution in [3.05, 3.63) is 23.3 Å². The van der Waals surface area contributed by atoms with E-state index in [2.05, 4.69) is 0 Å². The van der Waals surface area contributed by atoms with Crippen molar-refractivity contribution in [1.82, 2.24) is 0 Å². The smallest absolute Gasteiger partial charge is 0.336 e. The first kappa shape index (κ1) is 12.3. The Morgan fingerprint density at radius 2 is 1.71 bits per heavy atom. The lowest BCUT2D eigenvalue weighted by Crippen LogP contribution is -1.99. The van der Waals surface area contributed by atoms with Gasteiger partial charge in [0.25, 0.3) is 0 Å². The van der Waals surface area contributed by atoms with Crippen LogP contribution in [0.15, 0.2) is 12.1 Å². The van der Waals surface area contributed by atoms with Crippen LogP contribution in [0.25, 0.3) is 0 Å². The van der Waals surface area contributed by atoms with Gasteiger partial charge in [0.15, 0.2) is 0 Å². The number of aromatic carboxylic acids is 1. The van der Waals surface area contributed by atoms with E-state index in [0.29, 0.717) is 0 Å². The average molecular weight is 198 g/mol. The molecule has 3 N–H and O–H groups in total. The second-order valence-electron chi connectivity index (χ2n) is 2.44. The van der Waals surface area contributed by atoms with Gasteiger partial charge in [-0.25, -0.2) is 4.79 Å². The summed E-state index contributed by atoms with van der Waals surface area (Å²) in [6.45, 7) is 5.47. The van der Waals surface area contributed by atoms with Crippen molar-refractivity contribution >= 4 is 5.97 Å². The fraction of sp³-hybridized carbons (Fsp3) is 0.300. The molecule has 0 unspecified atom stereocenters. The van der Waals surface area contributed by atoms with Gasteiger partial charge >= 0.3 is 5.97 Å². The number of phenolic OH excluding ortho intramolecular Hbond substituents is 2. The van der Waals surface area contributed by atoms with Crippen LogP contribution < -0.4 is 0 Å². The van der Waals surface area contributed by atoms with Crippen LogP contribution in [-0.2, 0) is 0 Å². The van der Waals surface area contributed by atoms with Crippen molar-refractivity contribution in [2.45, 2.75) is 20.8 Å². The first-order valence-corrected chi connectivity index (χ1v) is 4.28. The Labute approximate surface area is 82.4 Å². The first-order chi connectivity index (χ1) is 6.52. The second kappa shape index (κ2) is 5.11. The van der Waals surface area contributed by atoms with E-state index in [1.807, 2.05) is 13.8 Å². The minimum absolute atomic E-state index is 0.0903. The third-order valence-electron chi connectivity index (χ3n) is 1.60. The Kier molecular flexibility index (Phi) is 4.49. The SMILES string of the molecule is CC.Cc1c(O)cc(O)cc1C(=O)O. The summed E-state index contributed by atoms with van der Waals surface area (Å²) in [5.41, 5.74) is 0.160. The molecule has 0 aliphatic carbocycles. The molecule has 0 aliphatic heterocycles. The maximum absolute atomic E-state index is 10.5. The van der Waals surface area contributed by atoms with Gasteiger partial charge in [0.05, 0.1) is 5.56 Å². The molecule has 0 saturated heterocycles. The van der Waals surface area contributed by atoms with E-state index in [1.54, 1.807) is 0 Å². The molecular formula is C10H14O4. The molecule has 0 aliphatic rings. The summed E-state index contributed by atoms with van der Waals surface area (Å²) in [5, 5.41) is 26.6. The minimum atomic E-state index is -1.17. The summed E-state index contributed by atoms with van der Waals surface area (Å²) in [7, 11) is 0. The fourth-order valence-corrected chi connectivity index (χ4v) is 0.906. The quantitative estimate of drug-likeness (QED) is 0.646. The van der Waals surface area contributed by atoms with E-state index in [-0.39, 0.29) is 22.6 Å². The molecule has 0 aromatic heterocycles. The summed E-state index contributed by atoms with van der Waals surface area (Å²) >= 11 is 0. The zero-order valence-corrected chi connectivity index (χ0v) is 8.40. The highest BCUT2D eigenvalue weighted by molar-refractivity contribution is 5.90.